The molecule has 0 saturated carbocycles. The lowest BCUT2D eigenvalue weighted by Gasteiger charge is -2.17. The van der Waals surface area contributed by atoms with Gasteiger partial charge in [-0.25, -0.2) is 5.01 Å². The molecule has 0 aliphatic carbocycles. The summed E-state index contributed by atoms with van der Waals surface area (Å²) in [6, 6.07) is 9.49. The summed E-state index contributed by atoms with van der Waals surface area (Å²) in [4.78, 5) is 3.98. The largest absolute Gasteiger partial charge is 0.508 e. The van der Waals surface area contributed by atoms with Crippen molar-refractivity contribution in [1.29, 1.82) is 0 Å². The number of nitrogens with one attached hydrogen (secondary N) is 1. The standard InChI is InChI=1S/C13H13N3O.BrH/c17-13-3-1-2-10-8-16(9-12(10)13)15-11-4-6-14-7-5-11;/h1-7,17H,8-9H2,(H,14,15);1H. The van der Waals surface area contributed by atoms with E-state index < -0.39 is 0 Å². The van der Waals surface area contributed by atoms with Crippen LogP contribution < -0.4 is 5.43 Å². The van der Waals surface area contributed by atoms with Crippen LogP contribution in [0.25, 0.3) is 0 Å². The molecule has 5 heteroatoms. The molecule has 1 aliphatic heterocycles. The fraction of sp³-hybridized carbons (Fsp3) is 0.154. The van der Waals surface area contributed by atoms with Crippen LogP contribution in [0, 0.1) is 0 Å². The van der Waals surface area contributed by atoms with Gasteiger partial charge in [-0.2, -0.15) is 0 Å². The Hall–Kier alpha value is -1.59. The Balaban J connectivity index is 0.00000120. The highest BCUT2D eigenvalue weighted by Gasteiger charge is 2.21. The van der Waals surface area contributed by atoms with Gasteiger partial charge in [0.2, 0.25) is 0 Å². The van der Waals surface area contributed by atoms with Gasteiger partial charge in [0, 0.05) is 31.0 Å². The number of hydrazine groups is 1. The number of anilines is 1. The van der Waals surface area contributed by atoms with Gasteiger partial charge in [0.25, 0.3) is 0 Å². The third-order valence-electron chi connectivity index (χ3n) is 2.93. The predicted octanol–water partition coefficient (Wildman–Crippen LogP) is 2.71. The van der Waals surface area contributed by atoms with Crippen LogP contribution in [-0.2, 0) is 13.1 Å². The van der Waals surface area contributed by atoms with E-state index in [2.05, 4.69) is 15.4 Å². The minimum Gasteiger partial charge on any atom is -0.508 e. The van der Waals surface area contributed by atoms with Crippen molar-refractivity contribution in [3.05, 3.63) is 53.9 Å². The number of phenols is 1. The van der Waals surface area contributed by atoms with Gasteiger partial charge in [-0.1, -0.05) is 12.1 Å². The van der Waals surface area contributed by atoms with E-state index in [1.54, 1.807) is 18.5 Å². The maximum atomic E-state index is 9.75. The minimum atomic E-state index is 0. The molecule has 0 fully saturated rings. The van der Waals surface area contributed by atoms with Gasteiger partial charge in [-0.15, -0.1) is 17.0 Å². The van der Waals surface area contributed by atoms with Gasteiger partial charge in [0.05, 0.1) is 5.69 Å². The first-order valence-corrected chi connectivity index (χ1v) is 5.54. The average Bonchev–Trinajstić information content (AvgIpc) is 2.74. The average molecular weight is 308 g/mol. The predicted molar refractivity (Wildman–Crippen MR) is 75.5 cm³/mol. The number of nitrogens with zero attached hydrogens (tertiary/aromatic N) is 2. The molecule has 2 aromatic rings. The molecule has 0 unspecified atom stereocenters. The van der Waals surface area contributed by atoms with Crippen LogP contribution in [0.5, 0.6) is 5.75 Å². The summed E-state index contributed by atoms with van der Waals surface area (Å²) >= 11 is 0. The smallest absolute Gasteiger partial charge is 0.120 e. The number of hydrogen-bond donors (Lipinski definition) is 2. The highest BCUT2D eigenvalue weighted by Crippen LogP contribution is 2.29. The van der Waals surface area contributed by atoms with Gasteiger partial charge in [0.15, 0.2) is 0 Å². The first-order valence-electron chi connectivity index (χ1n) is 5.54. The summed E-state index contributed by atoms with van der Waals surface area (Å²) in [6.07, 6.45) is 3.51. The summed E-state index contributed by atoms with van der Waals surface area (Å²) in [5, 5.41) is 11.8. The number of rotatable bonds is 2. The number of pyridine rings is 1. The Bertz CT molecular complexity index is 533. The molecule has 2 heterocycles. The molecule has 1 aromatic carbocycles. The molecule has 94 valence electrons. The zero-order valence-electron chi connectivity index (χ0n) is 9.71. The second-order valence-corrected chi connectivity index (χ2v) is 4.12. The first-order chi connectivity index (χ1) is 8.33. The molecule has 0 amide bonds. The quantitative estimate of drug-likeness (QED) is 0.895. The van der Waals surface area contributed by atoms with Crippen molar-refractivity contribution in [1.82, 2.24) is 9.99 Å². The van der Waals surface area contributed by atoms with Crippen molar-refractivity contribution >= 4 is 22.7 Å². The van der Waals surface area contributed by atoms with Crippen molar-refractivity contribution in [2.75, 3.05) is 5.43 Å². The Morgan fingerprint density at radius 2 is 1.89 bits per heavy atom. The van der Waals surface area contributed by atoms with Crippen LogP contribution in [0.15, 0.2) is 42.7 Å². The highest BCUT2D eigenvalue weighted by atomic mass is 79.9. The number of phenolic OH excluding ortho intramolecular Hbond substituents is 1. The topological polar surface area (TPSA) is 48.4 Å². The molecular formula is C13H14BrN3O. The second kappa shape index (κ2) is 5.37. The summed E-state index contributed by atoms with van der Waals surface area (Å²) < 4.78 is 0. The lowest BCUT2D eigenvalue weighted by Crippen LogP contribution is -2.23. The summed E-state index contributed by atoms with van der Waals surface area (Å²) in [5.41, 5.74) is 6.49. The van der Waals surface area contributed by atoms with E-state index in [4.69, 9.17) is 0 Å². The van der Waals surface area contributed by atoms with E-state index in [-0.39, 0.29) is 17.0 Å². The van der Waals surface area contributed by atoms with Crippen molar-refractivity contribution in [2.24, 2.45) is 0 Å². The maximum absolute atomic E-state index is 9.75. The third-order valence-corrected chi connectivity index (χ3v) is 2.93. The fourth-order valence-corrected chi connectivity index (χ4v) is 2.09. The van der Waals surface area contributed by atoms with Gasteiger partial charge in [-0.3, -0.25) is 4.98 Å². The number of hydrogen-bond acceptors (Lipinski definition) is 4. The second-order valence-electron chi connectivity index (χ2n) is 4.12. The van der Waals surface area contributed by atoms with E-state index in [0.29, 0.717) is 12.3 Å². The molecule has 3 rings (SSSR count). The first kappa shape index (κ1) is 12.9. The molecular weight excluding hydrogens is 294 g/mol. The van der Waals surface area contributed by atoms with Crippen molar-refractivity contribution in [3.63, 3.8) is 0 Å². The number of fused-ring (bicyclic) bond motifs is 1. The van der Waals surface area contributed by atoms with E-state index in [1.807, 2.05) is 24.3 Å². The van der Waals surface area contributed by atoms with Crippen LogP contribution in [0.2, 0.25) is 0 Å². The van der Waals surface area contributed by atoms with Crippen LogP contribution >= 0.6 is 17.0 Å². The van der Waals surface area contributed by atoms with Crippen LogP contribution in [0.3, 0.4) is 0 Å². The SMILES string of the molecule is Br.Oc1cccc2c1CN(Nc1ccncc1)C2. The fourth-order valence-electron chi connectivity index (χ4n) is 2.09. The molecule has 0 atom stereocenters. The Kier molecular flexibility index (Phi) is 3.84. The number of halogens is 1. The number of benzene rings is 1. The van der Waals surface area contributed by atoms with Crippen molar-refractivity contribution < 1.29 is 5.11 Å². The highest BCUT2D eigenvalue weighted by molar-refractivity contribution is 8.93. The molecule has 0 bridgehead atoms. The monoisotopic (exact) mass is 307 g/mol. The molecule has 18 heavy (non-hydrogen) atoms. The molecule has 0 radical (unpaired) electrons. The van der Waals surface area contributed by atoms with Gasteiger partial charge in [-0.05, 0) is 23.8 Å². The van der Waals surface area contributed by atoms with E-state index in [1.165, 1.54) is 5.56 Å². The number of aromatic hydroxyl groups is 1. The minimum absolute atomic E-state index is 0. The van der Waals surface area contributed by atoms with Gasteiger partial charge in [0.1, 0.15) is 5.75 Å². The molecule has 1 aliphatic rings. The van der Waals surface area contributed by atoms with Crippen LogP contribution in [-0.4, -0.2) is 15.1 Å². The zero-order valence-corrected chi connectivity index (χ0v) is 11.4. The molecule has 2 N–H and O–H groups in total. The molecule has 4 nitrogen and oxygen atoms in total. The number of aromatic nitrogens is 1. The van der Waals surface area contributed by atoms with E-state index in [0.717, 1.165) is 17.8 Å². The Labute approximate surface area is 116 Å². The lowest BCUT2D eigenvalue weighted by molar-refractivity contribution is 0.343. The summed E-state index contributed by atoms with van der Waals surface area (Å²) in [6.45, 7) is 1.51. The van der Waals surface area contributed by atoms with Crippen molar-refractivity contribution in [2.45, 2.75) is 13.1 Å². The van der Waals surface area contributed by atoms with Crippen LogP contribution in [0.1, 0.15) is 11.1 Å². The van der Waals surface area contributed by atoms with E-state index >= 15 is 0 Å². The maximum Gasteiger partial charge on any atom is 0.120 e. The zero-order chi connectivity index (χ0) is 11.7. The summed E-state index contributed by atoms with van der Waals surface area (Å²) in [5.74, 6) is 0.376. The van der Waals surface area contributed by atoms with E-state index in [9.17, 15) is 5.11 Å². The Morgan fingerprint density at radius 1 is 1.11 bits per heavy atom. The molecule has 1 aromatic heterocycles. The molecule has 0 spiro atoms. The third kappa shape index (κ3) is 2.47. The van der Waals surface area contributed by atoms with Crippen molar-refractivity contribution in [3.8, 4) is 5.75 Å². The van der Waals surface area contributed by atoms with Crippen LogP contribution in [0.4, 0.5) is 5.69 Å². The normalized spacial score (nSPS) is 13.8. The van der Waals surface area contributed by atoms with Gasteiger partial charge < -0.3 is 10.5 Å². The Morgan fingerprint density at radius 3 is 2.61 bits per heavy atom. The lowest BCUT2D eigenvalue weighted by atomic mass is 10.1. The summed E-state index contributed by atoms with van der Waals surface area (Å²) in [7, 11) is 0. The van der Waals surface area contributed by atoms with Gasteiger partial charge >= 0.3 is 0 Å². The molecule has 0 saturated heterocycles.